The van der Waals surface area contributed by atoms with Crippen LogP contribution in [0.15, 0.2) is 0 Å². The van der Waals surface area contributed by atoms with E-state index in [1.165, 1.54) is 0 Å². The van der Waals surface area contributed by atoms with Gasteiger partial charge in [-0.25, -0.2) is 0 Å². The van der Waals surface area contributed by atoms with Crippen molar-refractivity contribution in [1.29, 1.82) is 0 Å². The van der Waals surface area contributed by atoms with Crippen LogP contribution < -0.4 is 10.8 Å². The molecular formula is C8H14NO4-. The smallest absolute Gasteiger partial charge is 0.308 e. The second kappa shape index (κ2) is 4.23. The molecule has 5 heteroatoms. The highest BCUT2D eigenvalue weighted by molar-refractivity contribution is 5.80. The van der Waals surface area contributed by atoms with Crippen LogP contribution >= 0.6 is 0 Å². The first-order valence-corrected chi connectivity index (χ1v) is 3.90. The maximum atomic E-state index is 11.0. The zero-order chi connectivity index (χ0) is 10.6. The number of hydrogen-bond donors (Lipinski definition) is 1. The van der Waals surface area contributed by atoms with Gasteiger partial charge in [-0.2, -0.15) is 0 Å². The zero-order valence-corrected chi connectivity index (χ0v) is 7.99. The highest BCUT2D eigenvalue weighted by Gasteiger charge is 2.18. The van der Waals surface area contributed by atoms with Gasteiger partial charge in [0.15, 0.2) is 0 Å². The summed E-state index contributed by atoms with van der Waals surface area (Å²) in [4.78, 5) is 21.1. The Morgan fingerprint density at radius 2 is 1.92 bits per heavy atom. The fraction of sp³-hybridized carbons (Fsp3) is 0.750. The first-order valence-electron chi connectivity index (χ1n) is 3.90. The maximum Gasteiger partial charge on any atom is 0.308 e. The number of aliphatic carboxylic acids is 1. The molecule has 13 heavy (non-hydrogen) atoms. The van der Waals surface area contributed by atoms with Gasteiger partial charge in [-0.05, 0) is 20.8 Å². The lowest BCUT2D eigenvalue weighted by Gasteiger charge is -2.21. The van der Waals surface area contributed by atoms with Gasteiger partial charge >= 0.3 is 5.97 Å². The normalized spacial score (nSPS) is 13.5. The predicted octanol–water partition coefficient (Wildman–Crippen LogP) is -1.20. The summed E-state index contributed by atoms with van der Waals surface area (Å²) in [6, 6.07) is -1.30. The molecule has 0 heterocycles. The summed E-state index contributed by atoms with van der Waals surface area (Å²) in [6.45, 7) is 5.07. The number of carbonyl (C=O) groups excluding carboxylic acids is 2. The summed E-state index contributed by atoms with van der Waals surface area (Å²) in [6.07, 6.45) is -0.362. The van der Waals surface area contributed by atoms with E-state index < -0.39 is 23.6 Å². The van der Waals surface area contributed by atoms with Gasteiger partial charge < -0.3 is 20.4 Å². The molecule has 76 valence electrons. The molecule has 2 N–H and O–H groups in total. The molecule has 0 fully saturated rings. The molecule has 1 atom stereocenters. The molecule has 0 saturated carbocycles. The molecule has 0 aliphatic carbocycles. The Bertz CT molecular complexity index is 207. The van der Waals surface area contributed by atoms with Crippen molar-refractivity contribution in [3.05, 3.63) is 0 Å². The molecule has 0 aliphatic rings. The molecule has 0 spiro atoms. The van der Waals surface area contributed by atoms with Crippen molar-refractivity contribution in [3.8, 4) is 0 Å². The SMILES string of the molecule is CC(C)(C)OC(=O)C[C@H](N)C(=O)[O-]. The predicted molar refractivity (Wildman–Crippen MR) is 43.4 cm³/mol. The second-order valence-corrected chi connectivity index (χ2v) is 3.72. The minimum Gasteiger partial charge on any atom is -0.548 e. The average Bonchev–Trinajstić information content (AvgIpc) is 1.81. The zero-order valence-electron chi connectivity index (χ0n) is 7.99. The van der Waals surface area contributed by atoms with Crippen molar-refractivity contribution in [2.75, 3.05) is 0 Å². The lowest BCUT2D eigenvalue weighted by atomic mass is 10.2. The van der Waals surface area contributed by atoms with E-state index in [4.69, 9.17) is 10.5 Å². The quantitative estimate of drug-likeness (QED) is 0.561. The lowest BCUT2D eigenvalue weighted by molar-refractivity contribution is -0.307. The lowest BCUT2D eigenvalue weighted by Crippen LogP contribution is -2.44. The number of esters is 1. The number of carbonyl (C=O) groups is 2. The van der Waals surface area contributed by atoms with Crippen molar-refractivity contribution in [3.63, 3.8) is 0 Å². The fourth-order valence-electron chi connectivity index (χ4n) is 0.646. The van der Waals surface area contributed by atoms with E-state index in [1.807, 2.05) is 0 Å². The van der Waals surface area contributed by atoms with Gasteiger partial charge in [-0.15, -0.1) is 0 Å². The topological polar surface area (TPSA) is 92.5 Å². The third-order valence-corrected chi connectivity index (χ3v) is 1.11. The molecule has 0 bridgehead atoms. The van der Waals surface area contributed by atoms with Gasteiger partial charge in [0.25, 0.3) is 0 Å². The van der Waals surface area contributed by atoms with Crippen molar-refractivity contribution >= 4 is 11.9 Å². The molecule has 0 saturated heterocycles. The summed E-state index contributed by atoms with van der Waals surface area (Å²) in [7, 11) is 0. The Kier molecular flexibility index (Phi) is 3.87. The monoisotopic (exact) mass is 188 g/mol. The van der Waals surface area contributed by atoms with Gasteiger partial charge in [-0.1, -0.05) is 0 Å². The van der Waals surface area contributed by atoms with E-state index in [2.05, 4.69) is 0 Å². The summed E-state index contributed by atoms with van der Waals surface area (Å²) < 4.78 is 4.85. The Morgan fingerprint density at radius 1 is 1.46 bits per heavy atom. The first-order chi connectivity index (χ1) is 5.72. The van der Waals surface area contributed by atoms with E-state index in [0.717, 1.165) is 0 Å². The van der Waals surface area contributed by atoms with Crippen LogP contribution in [-0.2, 0) is 14.3 Å². The molecule has 0 amide bonds. The minimum atomic E-state index is -1.45. The van der Waals surface area contributed by atoms with Gasteiger partial charge in [0.05, 0.1) is 18.4 Å². The van der Waals surface area contributed by atoms with Crippen molar-refractivity contribution in [1.82, 2.24) is 0 Å². The van der Waals surface area contributed by atoms with Gasteiger partial charge in [-0.3, -0.25) is 4.79 Å². The highest BCUT2D eigenvalue weighted by atomic mass is 16.6. The Labute approximate surface area is 76.9 Å². The fourth-order valence-corrected chi connectivity index (χ4v) is 0.646. The van der Waals surface area contributed by atoms with Gasteiger partial charge in [0, 0.05) is 0 Å². The summed E-state index contributed by atoms with van der Waals surface area (Å²) in [5, 5.41) is 10.2. The Balaban J connectivity index is 3.96. The summed E-state index contributed by atoms with van der Waals surface area (Å²) >= 11 is 0. The van der Waals surface area contributed by atoms with Crippen LogP contribution in [0.25, 0.3) is 0 Å². The van der Waals surface area contributed by atoms with E-state index in [0.29, 0.717) is 0 Å². The van der Waals surface area contributed by atoms with Crippen molar-refractivity contribution in [2.24, 2.45) is 5.73 Å². The maximum absolute atomic E-state index is 11.0. The Hall–Kier alpha value is -1.10. The van der Waals surface area contributed by atoms with Gasteiger partial charge in [0.2, 0.25) is 0 Å². The first kappa shape index (κ1) is 11.9. The second-order valence-electron chi connectivity index (χ2n) is 3.72. The van der Waals surface area contributed by atoms with Crippen LogP contribution in [0.1, 0.15) is 27.2 Å². The van der Waals surface area contributed by atoms with Crippen LogP contribution in [0.5, 0.6) is 0 Å². The number of nitrogens with two attached hydrogens (primary N) is 1. The van der Waals surface area contributed by atoms with Crippen LogP contribution in [0.4, 0.5) is 0 Å². The number of carboxylic acid groups (broad SMARTS) is 1. The molecule has 0 rings (SSSR count). The Morgan fingerprint density at radius 3 is 2.23 bits per heavy atom. The largest absolute Gasteiger partial charge is 0.548 e. The van der Waals surface area contributed by atoms with E-state index in [-0.39, 0.29) is 6.42 Å². The highest BCUT2D eigenvalue weighted by Crippen LogP contribution is 2.08. The van der Waals surface area contributed by atoms with Gasteiger partial charge in [0.1, 0.15) is 5.60 Å². The molecular weight excluding hydrogens is 174 g/mol. The van der Waals surface area contributed by atoms with Crippen LogP contribution in [0, 0.1) is 0 Å². The third kappa shape index (κ3) is 6.10. The van der Waals surface area contributed by atoms with Crippen molar-refractivity contribution in [2.45, 2.75) is 38.8 Å². The molecule has 0 unspecified atom stereocenters. The number of ether oxygens (including phenoxy) is 1. The molecule has 0 radical (unpaired) electrons. The van der Waals surface area contributed by atoms with Crippen molar-refractivity contribution < 1.29 is 19.4 Å². The van der Waals surface area contributed by atoms with Crippen LogP contribution in [0.3, 0.4) is 0 Å². The number of rotatable bonds is 3. The van der Waals surface area contributed by atoms with Crippen LogP contribution in [-0.4, -0.2) is 23.6 Å². The summed E-state index contributed by atoms with van der Waals surface area (Å²) in [5.74, 6) is -2.09. The number of carboxylic acids is 1. The minimum absolute atomic E-state index is 0.362. The van der Waals surface area contributed by atoms with E-state index >= 15 is 0 Å². The molecule has 0 aromatic rings. The molecule has 0 aliphatic heterocycles. The van der Waals surface area contributed by atoms with Crippen LogP contribution in [0.2, 0.25) is 0 Å². The average molecular weight is 188 g/mol. The number of hydrogen-bond acceptors (Lipinski definition) is 5. The standard InChI is InChI=1S/C8H15NO4/c1-8(2,3)13-6(10)4-5(9)7(11)12/h5H,4,9H2,1-3H3,(H,11,12)/p-1/t5-/m0/s1. The molecule has 0 aromatic carbocycles. The summed E-state index contributed by atoms with van der Waals surface area (Å²) in [5.41, 5.74) is 4.45. The van der Waals surface area contributed by atoms with E-state index in [9.17, 15) is 14.7 Å². The van der Waals surface area contributed by atoms with E-state index in [1.54, 1.807) is 20.8 Å². The molecule has 0 aromatic heterocycles. The third-order valence-electron chi connectivity index (χ3n) is 1.11. The molecule has 5 nitrogen and oxygen atoms in total.